The monoisotopic (exact) mass is 460 g/mol. The molecule has 0 unspecified atom stereocenters. The Labute approximate surface area is 201 Å². The maximum Gasteiger partial charge on any atom is 0.225 e. The fourth-order valence-corrected chi connectivity index (χ4v) is 4.19. The zero-order valence-corrected chi connectivity index (χ0v) is 19.9. The lowest BCUT2D eigenvalue weighted by molar-refractivity contribution is -0.125. The number of anilines is 1. The molecule has 0 aliphatic carbocycles. The molecule has 2 heterocycles. The zero-order valence-electron chi connectivity index (χ0n) is 19.9. The van der Waals surface area contributed by atoms with Crippen molar-refractivity contribution in [3.8, 4) is 22.8 Å². The molecule has 7 nitrogen and oxygen atoms in total. The number of rotatable bonds is 9. The molecule has 0 saturated carbocycles. The summed E-state index contributed by atoms with van der Waals surface area (Å²) in [5.74, 6) is 2.22. The molecule has 1 N–H and O–H groups in total. The summed E-state index contributed by atoms with van der Waals surface area (Å²) in [5, 5.41) is 11.9. The summed E-state index contributed by atoms with van der Waals surface area (Å²) in [6.07, 6.45) is 1.81. The van der Waals surface area contributed by atoms with Crippen LogP contribution >= 0.6 is 0 Å². The number of hydrogen-bond acceptors (Lipinski definition) is 6. The van der Waals surface area contributed by atoms with Crippen molar-refractivity contribution in [2.45, 2.75) is 33.2 Å². The van der Waals surface area contributed by atoms with Crippen LogP contribution in [0.5, 0.6) is 11.5 Å². The van der Waals surface area contributed by atoms with Crippen molar-refractivity contribution in [2.24, 2.45) is 5.92 Å². The lowest BCUT2D eigenvalue weighted by Crippen LogP contribution is -2.43. The van der Waals surface area contributed by atoms with Crippen LogP contribution in [0.4, 0.5) is 5.82 Å². The number of hydrogen-bond donors (Lipinski definition) is 1. The number of carbonyl (C=O) groups excluding carboxylic acids is 1. The van der Waals surface area contributed by atoms with Gasteiger partial charge in [0.25, 0.3) is 0 Å². The molecule has 1 aliphatic rings. The van der Waals surface area contributed by atoms with Crippen molar-refractivity contribution in [2.75, 3.05) is 31.2 Å². The molecule has 0 radical (unpaired) electrons. The van der Waals surface area contributed by atoms with Gasteiger partial charge in [-0.05, 0) is 56.5 Å². The highest BCUT2D eigenvalue weighted by molar-refractivity contribution is 5.79. The van der Waals surface area contributed by atoms with Crippen molar-refractivity contribution < 1.29 is 14.3 Å². The Morgan fingerprint density at radius 2 is 1.79 bits per heavy atom. The van der Waals surface area contributed by atoms with Crippen LogP contribution in [0.25, 0.3) is 11.3 Å². The highest BCUT2D eigenvalue weighted by Crippen LogP contribution is 2.29. The molecule has 1 atom stereocenters. The molecular weight excluding hydrogens is 428 g/mol. The first-order chi connectivity index (χ1) is 16.7. The second kappa shape index (κ2) is 11.5. The second-order valence-corrected chi connectivity index (χ2v) is 8.29. The zero-order chi connectivity index (χ0) is 23.8. The van der Waals surface area contributed by atoms with Gasteiger partial charge < -0.3 is 19.7 Å². The Kier molecular flexibility index (Phi) is 7.96. The molecule has 0 spiro atoms. The predicted octanol–water partition coefficient (Wildman–Crippen LogP) is 4.47. The van der Waals surface area contributed by atoms with Gasteiger partial charge in [0.1, 0.15) is 0 Å². The van der Waals surface area contributed by atoms with E-state index < -0.39 is 0 Å². The standard InChI is InChI=1S/C27H32N4O3/c1-3-33-24-14-12-20(17-25(24)34-4-2)18-28-27(32)22-11-8-16-31(19-22)26-15-13-23(29-30-26)21-9-6-5-7-10-21/h5-7,9-10,12-15,17,22H,3-4,8,11,16,18-19H2,1-2H3,(H,28,32)/t22-/m0/s1. The Morgan fingerprint density at radius 3 is 2.53 bits per heavy atom. The summed E-state index contributed by atoms with van der Waals surface area (Å²) in [5.41, 5.74) is 2.87. The van der Waals surface area contributed by atoms with Crippen LogP contribution in [0, 0.1) is 5.92 Å². The maximum atomic E-state index is 12.9. The van der Waals surface area contributed by atoms with E-state index in [-0.39, 0.29) is 11.8 Å². The van der Waals surface area contributed by atoms with E-state index in [1.165, 1.54) is 0 Å². The van der Waals surface area contributed by atoms with Crippen LogP contribution in [0.1, 0.15) is 32.3 Å². The molecule has 3 aromatic rings. The molecule has 7 heteroatoms. The molecule has 1 aliphatic heterocycles. The van der Waals surface area contributed by atoms with Gasteiger partial charge in [0.15, 0.2) is 17.3 Å². The minimum absolute atomic E-state index is 0.0606. The molecule has 178 valence electrons. The third-order valence-electron chi connectivity index (χ3n) is 5.91. The van der Waals surface area contributed by atoms with E-state index in [4.69, 9.17) is 9.47 Å². The van der Waals surface area contributed by atoms with Gasteiger partial charge in [-0.1, -0.05) is 36.4 Å². The number of aromatic nitrogens is 2. The highest BCUT2D eigenvalue weighted by Gasteiger charge is 2.26. The first-order valence-electron chi connectivity index (χ1n) is 12.0. The van der Waals surface area contributed by atoms with Crippen LogP contribution in [0.2, 0.25) is 0 Å². The van der Waals surface area contributed by atoms with E-state index in [9.17, 15) is 4.79 Å². The summed E-state index contributed by atoms with van der Waals surface area (Å²) < 4.78 is 11.3. The number of ether oxygens (including phenoxy) is 2. The van der Waals surface area contributed by atoms with E-state index in [1.54, 1.807) is 0 Å². The number of nitrogens with zero attached hydrogens (tertiary/aromatic N) is 3. The fourth-order valence-electron chi connectivity index (χ4n) is 4.19. The topological polar surface area (TPSA) is 76.6 Å². The third kappa shape index (κ3) is 5.84. The lowest BCUT2D eigenvalue weighted by Gasteiger charge is -2.32. The Morgan fingerprint density at radius 1 is 1.00 bits per heavy atom. The molecule has 0 bridgehead atoms. The summed E-state index contributed by atoms with van der Waals surface area (Å²) in [7, 11) is 0. The van der Waals surface area contributed by atoms with Gasteiger partial charge in [0.05, 0.1) is 24.8 Å². The van der Waals surface area contributed by atoms with Crippen molar-refractivity contribution in [3.05, 3.63) is 66.2 Å². The molecule has 4 rings (SSSR count). The molecule has 1 saturated heterocycles. The lowest BCUT2D eigenvalue weighted by atomic mass is 9.97. The number of nitrogens with one attached hydrogen (secondary N) is 1. The number of amides is 1. The molecule has 1 amide bonds. The normalized spacial score (nSPS) is 15.6. The number of benzene rings is 2. The average molecular weight is 461 g/mol. The highest BCUT2D eigenvalue weighted by atomic mass is 16.5. The average Bonchev–Trinajstić information content (AvgIpc) is 2.89. The quantitative estimate of drug-likeness (QED) is 0.508. The van der Waals surface area contributed by atoms with Gasteiger partial charge in [-0.25, -0.2) is 0 Å². The predicted molar refractivity (Wildman–Crippen MR) is 133 cm³/mol. The second-order valence-electron chi connectivity index (χ2n) is 8.29. The van der Waals surface area contributed by atoms with Crippen molar-refractivity contribution >= 4 is 11.7 Å². The van der Waals surface area contributed by atoms with E-state index in [1.807, 2.05) is 74.5 Å². The first-order valence-corrected chi connectivity index (χ1v) is 12.0. The van der Waals surface area contributed by atoms with Crippen LogP contribution in [-0.2, 0) is 11.3 Å². The summed E-state index contributed by atoms with van der Waals surface area (Å²) in [6.45, 7) is 6.99. The van der Waals surface area contributed by atoms with Crippen LogP contribution < -0.4 is 19.7 Å². The number of piperidine rings is 1. The third-order valence-corrected chi connectivity index (χ3v) is 5.91. The van der Waals surface area contributed by atoms with E-state index in [2.05, 4.69) is 20.4 Å². The molecular formula is C27H32N4O3. The van der Waals surface area contributed by atoms with E-state index >= 15 is 0 Å². The van der Waals surface area contributed by atoms with E-state index in [0.717, 1.165) is 47.8 Å². The van der Waals surface area contributed by atoms with Crippen LogP contribution in [0.3, 0.4) is 0 Å². The Hall–Kier alpha value is -3.61. The molecule has 1 fully saturated rings. The molecule has 34 heavy (non-hydrogen) atoms. The number of carbonyl (C=O) groups is 1. The van der Waals surface area contributed by atoms with Crippen molar-refractivity contribution in [1.82, 2.24) is 15.5 Å². The SMILES string of the molecule is CCOc1ccc(CNC(=O)[C@H]2CCCN(c3ccc(-c4ccccc4)nn3)C2)cc1OCC. The van der Waals surface area contributed by atoms with Gasteiger partial charge in [-0.15, -0.1) is 10.2 Å². The summed E-state index contributed by atoms with van der Waals surface area (Å²) in [6, 6.07) is 19.8. The van der Waals surface area contributed by atoms with Crippen molar-refractivity contribution in [1.29, 1.82) is 0 Å². The minimum Gasteiger partial charge on any atom is -0.490 e. The maximum absolute atomic E-state index is 12.9. The van der Waals surface area contributed by atoms with Gasteiger partial charge in [0, 0.05) is 25.2 Å². The summed E-state index contributed by atoms with van der Waals surface area (Å²) >= 11 is 0. The van der Waals surface area contributed by atoms with Gasteiger partial charge in [-0.3, -0.25) is 4.79 Å². The van der Waals surface area contributed by atoms with Crippen LogP contribution in [0.15, 0.2) is 60.7 Å². The largest absolute Gasteiger partial charge is 0.490 e. The minimum atomic E-state index is -0.0848. The van der Waals surface area contributed by atoms with Gasteiger partial charge in [-0.2, -0.15) is 0 Å². The Balaban J connectivity index is 1.35. The van der Waals surface area contributed by atoms with Crippen molar-refractivity contribution in [3.63, 3.8) is 0 Å². The molecule has 2 aromatic carbocycles. The van der Waals surface area contributed by atoms with Gasteiger partial charge in [0.2, 0.25) is 5.91 Å². The Bertz CT molecular complexity index is 1070. The fraction of sp³-hybridized carbons (Fsp3) is 0.370. The first kappa shape index (κ1) is 23.5. The van der Waals surface area contributed by atoms with Gasteiger partial charge >= 0.3 is 0 Å². The summed E-state index contributed by atoms with van der Waals surface area (Å²) in [4.78, 5) is 15.1. The van der Waals surface area contributed by atoms with E-state index in [0.29, 0.717) is 32.1 Å². The molecule has 1 aromatic heterocycles. The smallest absolute Gasteiger partial charge is 0.225 e. The van der Waals surface area contributed by atoms with Crippen LogP contribution in [-0.4, -0.2) is 42.4 Å².